The van der Waals surface area contributed by atoms with Crippen LogP contribution in [-0.2, 0) is 6.61 Å². The van der Waals surface area contributed by atoms with Crippen LogP contribution in [0.5, 0.6) is 5.75 Å². The molecule has 8 heteroatoms. The minimum absolute atomic E-state index is 0.188. The Balaban J connectivity index is 1.90. The molecule has 0 unspecified atom stereocenters. The van der Waals surface area contributed by atoms with E-state index in [1.54, 1.807) is 24.3 Å². The number of ether oxygens (including phenoxy) is 1. The van der Waals surface area contributed by atoms with E-state index in [1.165, 1.54) is 12.2 Å². The van der Waals surface area contributed by atoms with Crippen LogP contribution in [-0.4, -0.2) is 14.9 Å². The smallest absolute Gasteiger partial charge is 0.357 e. The Hall–Kier alpha value is -3.94. The van der Waals surface area contributed by atoms with E-state index in [0.717, 1.165) is 5.56 Å². The first-order valence-electron chi connectivity index (χ1n) is 7.99. The molecule has 2 aromatic carbocycles. The maximum Gasteiger partial charge on any atom is 0.357 e. The Morgan fingerprint density at radius 2 is 1.67 bits per heavy atom. The summed E-state index contributed by atoms with van der Waals surface area (Å²) < 4.78 is 5.81. The summed E-state index contributed by atoms with van der Waals surface area (Å²) in [4.78, 5) is 37.5. The number of hydrogen-bond donors (Lipinski definition) is 2. The van der Waals surface area contributed by atoms with Crippen molar-refractivity contribution >= 4 is 17.8 Å². The fraction of sp³-hybridized carbons (Fsp3) is 0.0526. The van der Waals surface area contributed by atoms with Gasteiger partial charge in [0.05, 0.1) is 4.92 Å². The van der Waals surface area contributed by atoms with Crippen molar-refractivity contribution in [2.24, 2.45) is 0 Å². The molecule has 0 bridgehead atoms. The lowest BCUT2D eigenvalue weighted by atomic mass is 10.1. The molecule has 0 aliphatic carbocycles. The maximum atomic E-state index is 11.7. The summed E-state index contributed by atoms with van der Waals surface area (Å²) >= 11 is 0. The Kier molecular flexibility index (Phi) is 5.27. The van der Waals surface area contributed by atoms with E-state index in [0.29, 0.717) is 17.9 Å². The summed E-state index contributed by atoms with van der Waals surface area (Å²) in [6, 6.07) is 16.7. The second-order valence-corrected chi connectivity index (χ2v) is 5.57. The molecule has 8 nitrogen and oxygen atoms in total. The van der Waals surface area contributed by atoms with Crippen molar-refractivity contribution in [2.45, 2.75) is 6.61 Å². The molecular weight excluding hydrogens is 350 g/mol. The number of H-pyrrole nitrogens is 2. The highest BCUT2D eigenvalue weighted by Gasteiger charge is 2.18. The molecule has 0 saturated carbocycles. The summed E-state index contributed by atoms with van der Waals surface area (Å²) in [6.07, 6.45) is 2.84. The summed E-state index contributed by atoms with van der Waals surface area (Å²) in [5, 5.41) is 11.1. The molecule has 0 spiro atoms. The molecule has 1 heterocycles. The average Bonchev–Trinajstić information content (AvgIpc) is 2.65. The Labute approximate surface area is 152 Å². The fourth-order valence-corrected chi connectivity index (χ4v) is 2.46. The van der Waals surface area contributed by atoms with Crippen molar-refractivity contribution in [3.05, 3.63) is 102 Å². The second kappa shape index (κ2) is 7.96. The number of nitro groups is 1. The van der Waals surface area contributed by atoms with Gasteiger partial charge >= 0.3 is 16.9 Å². The lowest BCUT2D eigenvalue weighted by molar-refractivity contribution is -0.386. The number of aromatic nitrogens is 2. The molecular formula is C19H15N3O5. The van der Waals surface area contributed by atoms with Crippen LogP contribution in [0.15, 0.2) is 64.2 Å². The molecule has 0 aliphatic heterocycles. The van der Waals surface area contributed by atoms with Crippen LogP contribution >= 0.6 is 0 Å². The van der Waals surface area contributed by atoms with E-state index in [-0.39, 0.29) is 5.69 Å². The van der Waals surface area contributed by atoms with E-state index in [4.69, 9.17) is 4.74 Å². The number of aromatic amines is 2. The number of nitrogens with zero attached hydrogens (tertiary/aromatic N) is 1. The van der Waals surface area contributed by atoms with Gasteiger partial charge in [-0.1, -0.05) is 48.5 Å². The summed E-state index contributed by atoms with van der Waals surface area (Å²) in [6.45, 7) is 0.355. The normalized spacial score (nSPS) is 10.8. The first-order chi connectivity index (χ1) is 13.0. The largest absolute Gasteiger partial charge is 0.488 e. The van der Waals surface area contributed by atoms with E-state index in [9.17, 15) is 19.7 Å². The molecule has 0 radical (unpaired) electrons. The number of hydrogen-bond acceptors (Lipinski definition) is 5. The van der Waals surface area contributed by atoms with Gasteiger partial charge in [0.15, 0.2) is 0 Å². The predicted octanol–water partition coefficient (Wildman–Crippen LogP) is 2.72. The molecule has 0 fully saturated rings. The van der Waals surface area contributed by atoms with Gasteiger partial charge in [0.25, 0.3) is 0 Å². The SMILES string of the molecule is O=c1[nH]c(/C=C\c2ccccc2OCc2ccccc2)c([N+](=O)[O-])c(=O)[nH]1. The number of rotatable bonds is 6. The average molecular weight is 365 g/mol. The van der Waals surface area contributed by atoms with E-state index in [1.807, 2.05) is 35.3 Å². The zero-order valence-electron chi connectivity index (χ0n) is 14.0. The van der Waals surface area contributed by atoms with Crippen LogP contribution < -0.4 is 16.0 Å². The third-order valence-corrected chi connectivity index (χ3v) is 3.71. The van der Waals surface area contributed by atoms with E-state index >= 15 is 0 Å². The highest BCUT2D eigenvalue weighted by Crippen LogP contribution is 2.22. The van der Waals surface area contributed by atoms with Gasteiger partial charge in [0.1, 0.15) is 18.1 Å². The molecule has 3 aromatic rings. The predicted molar refractivity (Wildman–Crippen MR) is 100 cm³/mol. The molecule has 0 aliphatic rings. The topological polar surface area (TPSA) is 118 Å². The third-order valence-electron chi connectivity index (χ3n) is 3.71. The van der Waals surface area contributed by atoms with Gasteiger partial charge in [-0.15, -0.1) is 0 Å². The monoisotopic (exact) mass is 365 g/mol. The third kappa shape index (κ3) is 4.37. The molecule has 0 saturated heterocycles. The van der Waals surface area contributed by atoms with E-state index < -0.39 is 21.9 Å². The molecule has 136 valence electrons. The number of nitrogens with one attached hydrogen (secondary N) is 2. The lowest BCUT2D eigenvalue weighted by Crippen LogP contribution is -2.25. The van der Waals surface area contributed by atoms with Crippen LogP contribution in [0.2, 0.25) is 0 Å². The highest BCUT2D eigenvalue weighted by molar-refractivity contribution is 5.74. The van der Waals surface area contributed by atoms with Crippen LogP contribution in [0.4, 0.5) is 5.69 Å². The Bertz CT molecular complexity index is 1100. The van der Waals surface area contributed by atoms with Crippen LogP contribution in [0.25, 0.3) is 12.2 Å². The summed E-state index contributed by atoms with van der Waals surface area (Å²) in [5.41, 5.74) is -1.16. The van der Waals surface area contributed by atoms with Gasteiger partial charge in [-0.05, 0) is 23.8 Å². The van der Waals surface area contributed by atoms with Crippen LogP contribution in [0, 0.1) is 10.1 Å². The van der Waals surface area contributed by atoms with Gasteiger partial charge < -0.3 is 9.72 Å². The first-order valence-corrected chi connectivity index (χ1v) is 7.99. The zero-order valence-corrected chi connectivity index (χ0v) is 14.0. The van der Waals surface area contributed by atoms with Gasteiger partial charge in [0, 0.05) is 5.56 Å². The first kappa shape index (κ1) is 17.9. The maximum absolute atomic E-state index is 11.7. The number of para-hydroxylation sites is 1. The molecule has 27 heavy (non-hydrogen) atoms. The van der Waals surface area contributed by atoms with Crippen molar-refractivity contribution in [1.29, 1.82) is 0 Å². The fourth-order valence-electron chi connectivity index (χ4n) is 2.46. The zero-order chi connectivity index (χ0) is 19.2. The summed E-state index contributed by atoms with van der Waals surface area (Å²) in [7, 11) is 0. The van der Waals surface area contributed by atoms with Gasteiger partial charge in [0.2, 0.25) is 0 Å². The van der Waals surface area contributed by atoms with Gasteiger partial charge in [-0.25, -0.2) is 4.79 Å². The highest BCUT2D eigenvalue weighted by atomic mass is 16.6. The Morgan fingerprint density at radius 3 is 2.41 bits per heavy atom. The quantitative estimate of drug-likeness (QED) is 0.514. The van der Waals surface area contributed by atoms with Crippen LogP contribution in [0.3, 0.4) is 0 Å². The minimum Gasteiger partial charge on any atom is -0.488 e. The molecule has 2 N–H and O–H groups in total. The molecule has 1 aromatic heterocycles. The molecule has 0 amide bonds. The second-order valence-electron chi connectivity index (χ2n) is 5.57. The van der Waals surface area contributed by atoms with E-state index in [2.05, 4.69) is 4.98 Å². The number of benzene rings is 2. The van der Waals surface area contributed by atoms with Gasteiger partial charge in [-0.3, -0.25) is 19.9 Å². The van der Waals surface area contributed by atoms with Crippen molar-refractivity contribution in [2.75, 3.05) is 0 Å². The summed E-state index contributed by atoms with van der Waals surface area (Å²) in [5.74, 6) is 0.562. The Morgan fingerprint density at radius 1 is 0.963 bits per heavy atom. The lowest BCUT2D eigenvalue weighted by Gasteiger charge is -2.09. The van der Waals surface area contributed by atoms with Crippen molar-refractivity contribution in [3.8, 4) is 5.75 Å². The minimum atomic E-state index is -1.06. The standard InChI is InChI=1S/C19H15N3O5/c23-18-17(22(25)26)15(20-19(24)21-18)11-10-14-8-4-5-9-16(14)27-12-13-6-2-1-3-7-13/h1-11H,12H2,(H2,20,21,23,24)/b11-10-. The van der Waals surface area contributed by atoms with Gasteiger partial charge in [-0.2, -0.15) is 0 Å². The molecule has 3 rings (SSSR count). The van der Waals surface area contributed by atoms with Crippen molar-refractivity contribution in [3.63, 3.8) is 0 Å². The molecule has 0 atom stereocenters. The van der Waals surface area contributed by atoms with Crippen LogP contribution in [0.1, 0.15) is 16.8 Å². The van der Waals surface area contributed by atoms with Crippen molar-refractivity contribution < 1.29 is 9.66 Å². The van der Waals surface area contributed by atoms with Crippen molar-refractivity contribution in [1.82, 2.24) is 9.97 Å².